The van der Waals surface area contributed by atoms with Crippen molar-refractivity contribution >= 4 is 0 Å². The smallest absolute Gasteiger partial charge is 0.105 e. The fourth-order valence-electron chi connectivity index (χ4n) is 3.56. The third-order valence-electron chi connectivity index (χ3n) is 4.81. The summed E-state index contributed by atoms with van der Waals surface area (Å²) in [5.74, 6) is 1.09. The van der Waals surface area contributed by atoms with E-state index in [9.17, 15) is 0 Å². The Morgan fingerprint density at radius 3 is 3.18 bits per heavy atom. The van der Waals surface area contributed by atoms with E-state index in [1.807, 2.05) is 12.4 Å². The van der Waals surface area contributed by atoms with Crippen LogP contribution >= 0.6 is 0 Å². The Hall–Kier alpha value is -1.73. The Morgan fingerprint density at radius 2 is 2.32 bits per heavy atom. The maximum absolute atomic E-state index is 6.01. The zero-order chi connectivity index (χ0) is 14.9. The van der Waals surface area contributed by atoms with Gasteiger partial charge < -0.3 is 14.2 Å². The molecule has 0 amide bonds. The van der Waals surface area contributed by atoms with Crippen LogP contribution in [0.25, 0.3) is 0 Å². The molecule has 0 unspecified atom stereocenters. The second kappa shape index (κ2) is 5.81. The van der Waals surface area contributed by atoms with Crippen LogP contribution in [-0.2, 0) is 17.9 Å². The van der Waals surface area contributed by atoms with Gasteiger partial charge in [-0.3, -0.25) is 0 Å². The minimum atomic E-state index is 0.248. The van der Waals surface area contributed by atoms with E-state index >= 15 is 0 Å². The summed E-state index contributed by atoms with van der Waals surface area (Å²) in [5, 5.41) is 8.24. The molecule has 1 fully saturated rings. The van der Waals surface area contributed by atoms with Crippen molar-refractivity contribution in [3.63, 3.8) is 0 Å². The fourth-order valence-corrected chi connectivity index (χ4v) is 3.56. The Morgan fingerprint density at radius 1 is 1.36 bits per heavy atom. The molecule has 2 atom stereocenters. The van der Waals surface area contributed by atoms with Crippen molar-refractivity contribution in [2.24, 2.45) is 0 Å². The SMILES string of the molecule is Cc1nccn1CCCN1CC[C@H]2[C@H](C1)OCc1cnnn12. The molecule has 7 heteroatoms. The van der Waals surface area contributed by atoms with Crippen LogP contribution in [0, 0.1) is 6.92 Å². The first-order valence-corrected chi connectivity index (χ1v) is 8.02. The zero-order valence-electron chi connectivity index (χ0n) is 12.9. The molecule has 0 aromatic carbocycles. The molecule has 0 spiro atoms. The highest BCUT2D eigenvalue weighted by molar-refractivity contribution is 5.01. The third-order valence-corrected chi connectivity index (χ3v) is 4.81. The van der Waals surface area contributed by atoms with Gasteiger partial charge in [0.2, 0.25) is 0 Å². The molecular weight excluding hydrogens is 280 g/mol. The van der Waals surface area contributed by atoms with Crippen LogP contribution < -0.4 is 0 Å². The molecule has 4 rings (SSSR count). The van der Waals surface area contributed by atoms with Crippen LogP contribution in [0.5, 0.6) is 0 Å². The lowest BCUT2D eigenvalue weighted by Gasteiger charge is -2.41. The van der Waals surface area contributed by atoms with E-state index in [1.54, 1.807) is 0 Å². The third kappa shape index (κ3) is 2.55. The number of hydrogen-bond donors (Lipinski definition) is 0. The Kier molecular flexibility index (Phi) is 3.67. The van der Waals surface area contributed by atoms with Gasteiger partial charge in [0.1, 0.15) is 5.82 Å². The van der Waals surface area contributed by atoms with Crippen LogP contribution in [0.1, 0.15) is 30.4 Å². The molecule has 22 heavy (non-hydrogen) atoms. The lowest BCUT2D eigenvalue weighted by molar-refractivity contribution is -0.0690. The number of hydrogen-bond acceptors (Lipinski definition) is 5. The van der Waals surface area contributed by atoms with Gasteiger partial charge in [-0.05, 0) is 26.3 Å². The van der Waals surface area contributed by atoms with Gasteiger partial charge in [0.05, 0.1) is 30.6 Å². The second-order valence-electron chi connectivity index (χ2n) is 6.20. The molecule has 0 bridgehead atoms. The van der Waals surface area contributed by atoms with E-state index in [0.717, 1.165) is 50.5 Å². The predicted octanol–water partition coefficient (Wildman–Crippen LogP) is 1.02. The lowest BCUT2D eigenvalue weighted by atomic mass is 10.00. The van der Waals surface area contributed by atoms with Crippen molar-refractivity contribution in [2.45, 2.75) is 45.1 Å². The predicted molar refractivity (Wildman–Crippen MR) is 80.3 cm³/mol. The number of aryl methyl sites for hydroxylation is 2. The van der Waals surface area contributed by atoms with Crippen molar-refractivity contribution in [1.82, 2.24) is 29.4 Å². The number of nitrogens with zero attached hydrogens (tertiary/aromatic N) is 6. The summed E-state index contributed by atoms with van der Waals surface area (Å²) >= 11 is 0. The van der Waals surface area contributed by atoms with E-state index < -0.39 is 0 Å². The molecule has 1 saturated heterocycles. The molecule has 4 heterocycles. The van der Waals surface area contributed by atoms with Gasteiger partial charge >= 0.3 is 0 Å². The molecule has 0 saturated carbocycles. The average molecular weight is 302 g/mol. The first kappa shape index (κ1) is 13.9. The standard InChI is InChI=1S/C15H22N6O/c1-12-16-4-8-20(12)6-2-5-19-7-3-14-15(10-19)22-11-13-9-17-18-21(13)14/h4,8-9,14-15H,2-3,5-7,10-11H2,1H3/t14-,15-/m0/s1. The summed E-state index contributed by atoms with van der Waals surface area (Å²) in [7, 11) is 0. The van der Waals surface area contributed by atoms with E-state index in [0.29, 0.717) is 12.6 Å². The van der Waals surface area contributed by atoms with Crippen LogP contribution in [0.15, 0.2) is 18.6 Å². The zero-order valence-corrected chi connectivity index (χ0v) is 12.9. The number of likely N-dealkylation sites (tertiary alicyclic amines) is 1. The summed E-state index contributed by atoms with van der Waals surface area (Å²) in [6.45, 7) is 6.92. The Labute approximate surface area is 129 Å². The van der Waals surface area contributed by atoms with Crippen LogP contribution in [-0.4, -0.2) is 55.2 Å². The highest BCUT2D eigenvalue weighted by atomic mass is 16.5. The van der Waals surface area contributed by atoms with Crippen molar-refractivity contribution in [2.75, 3.05) is 19.6 Å². The number of piperidine rings is 1. The fraction of sp³-hybridized carbons (Fsp3) is 0.667. The molecule has 0 aliphatic carbocycles. The van der Waals surface area contributed by atoms with E-state index in [-0.39, 0.29) is 6.10 Å². The van der Waals surface area contributed by atoms with Gasteiger partial charge in [0.25, 0.3) is 0 Å². The molecule has 0 radical (unpaired) electrons. The summed E-state index contributed by atoms with van der Waals surface area (Å²) in [4.78, 5) is 6.78. The number of rotatable bonds is 4. The topological polar surface area (TPSA) is 61.0 Å². The summed E-state index contributed by atoms with van der Waals surface area (Å²) in [5.41, 5.74) is 1.10. The van der Waals surface area contributed by atoms with Crippen molar-refractivity contribution in [1.29, 1.82) is 0 Å². The first-order chi connectivity index (χ1) is 10.8. The maximum atomic E-state index is 6.01. The van der Waals surface area contributed by atoms with E-state index in [4.69, 9.17) is 4.74 Å². The summed E-state index contributed by atoms with van der Waals surface area (Å²) < 4.78 is 10.3. The molecule has 7 nitrogen and oxygen atoms in total. The van der Waals surface area contributed by atoms with Gasteiger partial charge in [-0.1, -0.05) is 5.21 Å². The minimum Gasteiger partial charge on any atom is -0.368 e. The van der Waals surface area contributed by atoms with Crippen molar-refractivity contribution in [3.8, 4) is 0 Å². The largest absolute Gasteiger partial charge is 0.368 e. The van der Waals surface area contributed by atoms with Crippen molar-refractivity contribution < 1.29 is 4.74 Å². The highest BCUT2D eigenvalue weighted by Crippen LogP contribution is 2.30. The van der Waals surface area contributed by atoms with Crippen LogP contribution in [0.3, 0.4) is 0 Å². The molecular formula is C15H22N6O. The summed E-state index contributed by atoms with van der Waals surface area (Å²) in [6.07, 6.45) is 8.22. The van der Waals surface area contributed by atoms with Gasteiger partial charge in [-0.2, -0.15) is 0 Å². The monoisotopic (exact) mass is 302 g/mol. The lowest BCUT2D eigenvalue weighted by Crippen LogP contribution is -2.48. The van der Waals surface area contributed by atoms with E-state index in [2.05, 4.69) is 42.6 Å². The number of aromatic nitrogens is 5. The maximum Gasteiger partial charge on any atom is 0.105 e. The van der Waals surface area contributed by atoms with Crippen LogP contribution in [0.2, 0.25) is 0 Å². The minimum absolute atomic E-state index is 0.248. The van der Waals surface area contributed by atoms with Crippen LogP contribution in [0.4, 0.5) is 0 Å². The molecule has 2 aromatic rings. The summed E-state index contributed by atoms with van der Waals surface area (Å²) in [6, 6.07) is 0.360. The van der Waals surface area contributed by atoms with Gasteiger partial charge in [-0.25, -0.2) is 9.67 Å². The van der Waals surface area contributed by atoms with Gasteiger partial charge in [-0.15, -0.1) is 5.10 Å². The highest BCUT2D eigenvalue weighted by Gasteiger charge is 2.35. The van der Waals surface area contributed by atoms with Gasteiger partial charge in [0.15, 0.2) is 0 Å². The molecule has 118 valence electrons. The first-order valence-electron chi connectivity index (χ1n) is 8.02. The molecule has 2 aromatic heterocycles. The molecule has 2 aliphatic heterocycles. The molecule has 0 N–H and O–H groups in total. The average Bonchev–Trinajstić information content (AvgIpc) is 3.16. The van der Waals surface area contributed by atoms with Gasteiger partial charge in [0, 0.05) is 32.0 Å². The van der Waals surface area contributed by atoms with E-state index in [1.165, 1.54) is 0 Å². The Bertz CT molecular complexity index is 636. The number of fused-ring (bicyclic) bond motifs is 3. The Balaban J connectivity index is 1.31. The molecule has 2 aliphatic rings. The van der Waals surface area contributed by atoms with Crippen molar-refractivity contribution in [3.05, 3.63) is 30.1 Å². The second-order valence-corrected chi connectivity index (χ2v) is 6.20. The number of imidazole rings is 1. The normalized spacial score (nSPS) is 25.0. The number of ether oxygens (including phenoxy) is 1. The quantitative estimate of drug-likeness (QED) is 0.844.